The van der Waals surface area contributed by atoms with Gasteiger partial charge in [-0.05, 0) is 39.7 Å². The molecule has 0 aromatic carbocycles. The second-order valence-electron chi connectivity index (χ2n) is 6.51. The summed E-state index contributed by atoms with van der Waals surface area (Å²) >= 11 is 0. The lowest BCUT2D eigenvalue weighted by atomic mass is 9.78. The van der Waals surface area contributed by atoms with Crippen molar-refractivity contribution in [2.24, 2.45) is 16.6 Å². The Morgan fingerprint density at radius 1 is 1.05 bits per heavy atom. The van der Waals surface area contributed by atoms with E-state index in [2.05, 4.69) is 5.32 Å². The highest BCUT2D eigenvalue weighted by Crippen LogP contribution is 2.31. The van der Waals surface area contributed by atoms with Crippen LogP contribution in [0.2, 0.25) is 0 Å². The van der Waals surface area contributed by atoms with Crippen LogP contribution in [-0.2, 0) is 14.4 Å². The van der Waals surface area contributed by atoms with Crippen molar-refractivity contribution in [1.82, 2.24) is 5.32 Å². The number of nitrogens with one attached hydrogen (secondary N) is 1. The van der Waals surface area contributed by atoms with Crippen LogP contribution in [0.5, 0.6) is 0 Å². The van der Waals surface area contributed by atoms with Crippen molar-refractivity contribution >= 4 is 17.8 Å². The smallest absolute Gasteiger partial charge is 0.326 e. The number of carbonyl (C=O) groups is 3. The third-order valence-electron chi connectivity index (χ3n) is 3.63. The standard InChI is InChI=1S/C14H26N2O5/c1-13(2,6-7-14(3,4)12(20)21)11(19)16-9(5-8-15)10(17)18/h9H,5-8,15H2,1-4H3,(H,16,19)(H,17,18)(H,20,21)/t9-/m0/s1. The zero-order valence-electron chi connectivity index (χ0n) is 13.1. The molecule has 0 aliphatic carbocycles. The minimum absolute atomic E-state index is 0.151. The molecule has 0 aromatic rings. The van der Waals surface area contributed by atoms with Gasteiger partial charge in [0.05, 0.1) is 5.41 Å². The zero-order valence-corrected chi connectivity index (χ0v) is 13.1. The monoisotopic (exact) mass is 302 g/mol. The first-order chi connectivity index (χ1) is 9.44. The van der Waals surface area contributed by atoms with Crippen molar-refractivity contribution in [2.75, 3.05) is 6.54 Å². The molecule has 21 heavy (non-hydrogen) atoms. The maximum absolute atomic E-state index is 12.2. The van der Waals surface area contributed by atoms with E-state index in [0.29, 0.717) is 12.8 Å². The first-order valence-electron chi connectivity index (χ1n) is 6.91. The van der Waals surface area contributed by atoms with Crippen molar-refractivity contribution in [3.63, 3.8) is 0 Å². The summed E-state index contributed by atoms with van der Waals surface area (Å²) in [5.74, 6) is -2.47. The Balaban J connectivity index is 4.72. The third kappa shape index (κ3) is 6.12. The molecule has 0 fully saturated rings. The molecule has 1 amide bonds. The number of aliphatic carboxylic acids is 2. The van der Waals surface area contributed by atoms with E-state index in [9.17, 15) is 14.4 Å². The van der Waals surface area contributed by atoms with Crippen LogP contribution in [0.4, 0.5) is 0 Å². The summed E-state index contributed by atoms with van der Waals surface area (Å²) in [6.45, 7) is 6.68. The van der Waals surface area contributed by atoms with Crippen LogP contribution in [0, 0.1) is 10.8 Å². The van der Waals surface area contributed by atoms with E-state index in [1.165, 1.54) is 0 Å². The zero-order chi connectivity index (χ0) is 16.8. The summed E-state index contributed by atoms with van der Waals surface area (Å²) in [6, 6.07) is -1.02. The number of hydrogen-bond acceptors (Lipinski definition) is 4. The molecule has 0 aliphatic heterocycles. The van der Waals surface area contributed by atoms with E-state index >= 15 is 0 Å². The van der Waals surface area contributed by atoms with Gasteiger partial charge in [-0.1, -0.05) is 13.8 Å². The SMILES string of the molecule is CC(C)(CCC(C)(C)C(=O)N[C@@H](CCN)C(=O)O)C(=O)O. The lowest BCUT2D eigenvalue weighted by Gasteiger charge is -2.29. The molecule has 0 rings (SSSR count). The van der Waals surface area contributed by atoms with Gasteiger partial charge in [-0.3, -0.25) is 9.59 Å². The second-order valence-corrected chi connectivity index (χ2v) is 6.51. The molecule has 7 heteroatoms. The van der Waals surface area contributed by atoms with Gasteiger partial charge in [-0.15, -0.1) is 0 Å². The number of carbonyl (C=O) groups excluding carboxylic acids is 1. The molecule has 0 saturated carbocycles. The van der Waals surface area contributed by atoms with Gasteiger partial charge in [0.1, 0.15) is 6.04 Å². The summed E-state index contributed by atoms with van der Waals surface area (Å²) in [7, 11) is 0. The predicted octanol–water partition coefficient (Wildman–Crippen LogP) is 0.822. The maximum atomic E-state index is 12.2. The van der Waals surface area contributed by atoms with E-state index in [1.807, 2.05) is 0 Å². The molecule has 7 nitrogen and oxygen atoms in total. The van der Waals surface area contributed by atoms with Crippen molar-refractivity contribution in [3.05, 3.63) is 0 Å². The second kappa shape index (κ2) is 7.40. The third-order valence-corrected chi connectivity index (χ3v) is 3.63. The molecule has 122 valence electrons. The van der Waals surface area contributed by atoms with Crippen LogP contribution >= 0.6 is 0 Å². The number of carboxylic acids is 2. The normalized spacial score (nSPS) is 13.6. The van der Waals surface area contributed by atoms with Crippen molar-refractivity contribution in [2.45, 2.75) is 53.0 Å². The van der Waals surface area contributed by atoms with Gasteiger partial charge in [0.2, 0.25) is 5.91 Å². The Hall–Kier alpha value is -1.63. The molecule has 0 saturated heterocycles. The van der Waals surface area contributed by atoms with Crippen LogP contribution in [-0.4, -0.2) is 40.6 Å². The fraction of sp³-hybridized carbons (Fsp3) is 0.786. The minimum atomic E-state index is -1.13. The highest BCUT2D eigenvalue weighted by atomic mass is 16.4. The number of nitrogens with two attached hydrogens (primary N) is 1. The number of carboxylic acid groups (broad SMARTS) is 2. The van der Waals surface area contributed by atoms with Gasteiger partial charge in [0.25, 0.3) is 0 Å². The van der Waals surface area contributed by atoms with Gasteiger partial charge in [-0.2, -0.15) is 0 Å². The molecule has 1 atom stereocenters. The van der Waals surface area contributed by atoms with E-state index in [4.69, 9.17) is 15.9 Å². The Bertz CT molecular complexity index is 404. The summed E-state index contributed by atoms with van der Waals surface area (Å²) < 4.78 is 0. The van der Waals surface area contributed by atoms with Gasteiger partial charge in [-0.25, -0.2) is 4.79 Å². The highest BCUT2D eigenvalue weighted by molar-refractivity contribution is 5.87. The first kappa shape index (κ1) is 19.4. The lowest BCUT2D eigenvalue weighted by Crippen LogP contribution is -2.47. The molecular formula is C14H26N2O5. The Labute approximate surface area is 124 Å². The number of hydrogen-bond donors (Lipinski definition) is 4. The predicted molar refractivity (Wildman–Crippen MR) is 77.7 cm³/mol. The molecule has 0 unspecified atom stereocenters. The number of amides is 1. The van der Waals surface area contributed by atoms with Gasteiger partial charge < -0.3 is 21.3 Å². The van der Waals surface area contributed by atoms with Crippen molar-refractivity contribution < 1.29 is 24.6 Å². The fourth-order valence-corrected chi connectivity index (χ4v) is 1.62. The van der Waals surface area contributed by atoms with E-state index < -0.39 is 34.7 Å². The Kier molecular flexibility index (Phi) is 6.82. The van der Waals surface area contributed by atoms with E-state index in [0.717, 1.165) is 0 Å². The topological polar surface area (TPSA) is 130 Å². The lowest BCUT2D eigenvalue weighted by molar-refractivity contribution is -0.148. The van der Waals surface area contributed by atoms with Crippen molar-refractivity contribution in [1.29, 1.82) is 0 Å². The van der Waals surface area contributed by atoms with Crippen LogP contribution < -0.4 is 11.1 Å². The number of rotatable bonds is 9. The van der Waals surface area contributed by atoms with Crippen LogP contribution in [0.3, 0.4) is 0 Å². The van der Waals surface area contributed by atoms with Crippen LogP contribution in [0.25, 0.3) is 0 Å². The molecule has 0 heterocycles. The average Bonchev–Trinajstić information content (AvgIpc) is 2.35. The molecule has 0 spiro atoms. The Morgan fingerprint density at radius 2 is 1.52 bits per heavy atom. The highest BCUT2D eigenvalue weighted by Gasteiger charge is 2.35. The molecule has 0 radical (unpaired) electrons. The quantitative estimate of drug-likeness (QED) is 0.499. The summed E-state index contributed by atoms with van der Waals surface area (Å²) in [5, 5.41) is 20.5. The van der Waals surface area contributed by atoms with Gasteiger partial charge in [0, 0.05) is 5.41 Å². The summed E-state index contributed by atoms with van der Waals surface area (Å²) in [4.78, 5) is 34.3. The van der Waals surface area contributed by atoms with Gasteiger partial charge >= 0.3 is 11.9 Å². The molecular weight excluding hydrogens is 276 g/mol. The summed E-state index contributed by atoms with van der Waals surface area (Å²) in [6.07, 6.45) is 0.808. The van der Waals surface area contributed by atoms with Crippen LogP contribution in [0.15, 0.2) is 0 Å². The van der Waals surface area contributed by atoms with E-state index in [-0.39, 0.29) is 13.0 Å². The van der Waals surface area contributed by atoms with Crippen molar-refractivity contribution in [3.8, 4) is 0 Å². The fourth-order valence-electron chi connectivity index (χ4n) is 1.62. The Morgan fingerprint density at radius 3 is 1.90 bits per heavy atom. The largest absolute Gasteiger partial charge is 0.481 e. The molecule has 5 N–H and O–H groups in total. The maximum Gasteiger partial charge on any atom is 0.326 e. The first-order valence-corrected chi connectivity index (χ1v) is 6.91. The average molecular weight is 302 g/mol. The molecule has 0 bridgehead atoms. The van der Waals surface area contributed by atoms with Gasteiger partial charge in [0.15, 0.2) is 0 Å². The molecule has 0 aliphatic rings. The minimum Gasteiger partial charge on any atom is -0.481 e. The molecule has 0 aromatic heterocycles. The van der Waals surface area contributed by atoms with Crippen LogP contribution in [0.1, 0.15) is 47.0 Å². The van der Waals surface area contributed by atoms with E-state index in [1.54, 1.807) is 27.7 Å². The summed E-state index contributed by atoms with van der Waals surface area (Å²) in [5.41, 5.74) is 3.54.